The van der Waals surface area contributed by atoms with Gasteiger partial charge in [-0.3, -0.25) is 0 Å². The Hall–Kier alpha value is -1.28. The van der Waals surface area contributed by atoms with Crippen LogP contribution in [0.5, 0.6) is 0 Å². The predicted molar refractivity (Wildman–Crippen MR) is 72.0 cm³/mol. The van der Waals surface area contributed by atoms with E-state index in [1.165, 1.54) is 0 Å². The second-order valence-corrected chi connectivity index (χ2v) is 4.71. The highest BCUT2D eigenvalue weighted by atomic mass is 35.5. The number of hydrogen-bond donors (Lipinski definition) is 1. The molecule has 0 amide bonds. The molecule has 1 N–H and O–H groups in total. The predicted octanol–water partition coefficient (Wildman–Crippen LogP) is 1.64. The largest absolute Gasteiger partial charge is 0.373 e. The van der Waals surface area contributed by atoms with Crippen molar-refractivity contribution in [2.45, 2.75) is 6.10 Å². The number of hydrogen-bond acceptors (Lipinski definition) is 4. The molecule has 0 radical (unpaired) electrons. The van der Waals surface area contributed by atoms with Crippen LogP contribution >= 0.6 is 11.6 Å². The zero-order valence-corrected chi connectivity index (χ0v) is 11.1. The Kier molecular flexibility index (Phi) is 4.43. The summed E-state index contributed by atoms with van der Waals surface area (Å²) in [6, 6.07) is 7.57. The molecule has 0 spiro atoms. The van der Waals surface area contributed by atoms with Crippen LogP contribution in [0.1, 0.15) is 5.56 Å². The van der Waals surface area contributed by atoms with Crippen LogP contribution in [0.2, 0.25) is 5.02 Å². The number of anilines is 1. The van der Waals surface area contributed by atoms with Crippen LogP contribution in [0.4, 0.5) is 5.69 Å². The van der Waals surface area contributed by atoms with Gasteiger partial charge in [0.2, 0.25) is 0 Å². The Morgan fingerprint density at radius 1 is 1.61 bits per heavy atom. The van der Waals surface area contributed by atoms with Crippen molar-refractivity contribution in [1.29, 1.82) is 5.26 Å². The van der Waals surface area contributed by atoms with Gasteiger partial charge in [-0.2, -0.15) is 5.26 Å². The summed E-state index contributed by atoms with van der Waals surface area (Å²) in [5, 5.41) is 12.9. The molecule has 1 aliphatic heterocycles. The molecule has 1 aromatic rings. The molecule has 1 heterocycles. The summed E-state index contributed by atoms with van der Waals surface area (Å²) < 4.78 is 5.65. The highest BCUT2D eigenvalue weighted by molar-refractivity contribution is 6.30. The van der Waals surface area contributed by atoms with Crippen molar-refractivity contribution >= 4 is 17.3 Å². The summed E-state index contributed by atoms with van der Waals surface area (Å²) in [6.07, 6.45) is 0.147. The van der Waals surface area contributed by atoms with Gasteiger partial charge in [0.05, 0.1) is 24.0 Å². The molecule has 1 atom stereocenters. The van der Waals surface area contributed by atoms with Gasteiger partial charge in [0, 0.05) is 24.7 Å². The van der Waals surface area contributed by atoms with Crippen molar-refractivity contribution in [1.82, 2.24) is 5.32 Å². The number of ether oxygens (including phenoxy) is 1. The summed E-state index contributed by atoms with van der Waals surface area (Å²) in [6.45, 7) is 3.04. The van der Waals surface area contributed by atoms with E-state index in [1.54, 1.807) is 12.1 Å². The third kappa shape index (κ3) is 2.94. The molecule has 1 aliphatic rings. The van der Waals surface area contributed by atoms with Gasteiger partial charge < -0.3 is 15.0 Å². The van der Waals surface area contributed by atoms with Crippen molar-refractivity contribution in [3.63, 3.8) is 0 Å². The average Bonchev–Trinajstić information content (AvgIpc) is 2.39. The van der Waals surface area contributed by atoms with Crippen molar-refractivity contribution in [2.24, 2.45) is 0 Å². The van der Waals surface area contributed by atoms with Crippen LogP contribution < -0.4 is 10.2 Å². The van der Waals surface area contributed by atoms with Crippen LogP contribution in [0.25, 0.3) is 0 Å². The number of halogens is 1. The minimum atomic E-state index is 0.147. The van der Waals surface area contributed by atoms with Crippen LogP contribution in [-0.4, -0.2) is 39.4 Å². The highest BCUT2D eigenvalue weighted by Gasteiger charge is 2.22. The minimum Gasteiger partial charge on any atom is -0.373 e. The van der Waals surface area contributed by atoms with E-state index in [-0.39, 0.29) is 6.10 Å². The van der Waals surface area contributed by atoms with Gasteiger partial charge in [-0.25, -0.2) is 0 Å². The van der Waals surface area contributed by atoms with E-state index < -0.39 is 0 Å². The van der Waals surface area contributed by atoms with Crippen molar-refractivity contribution < 1.29 is 4.74 Å². The highest BCUT2D eigenvalue weighted by Crippen LogP contribution is 2.26. The number of nitriles is 1. The number of benzene rings is 1. The lowest BCUT2D eigenvalue weighted by Gasteiger charge is -2.35. The molecule has 4 nitrogen and oxygen atoms in total. The van der Waals surface area contributed by atoms with E-state index in [4.69, 9.17) is 21.6 Å². The zero-order chi connectivity index (χ0) is 13.0. The second-order valence-electron chi connectivity index (χ2n) is 4.27. The number of likely N-dealkylation sites (N-methyl/N-ethyl adjacent to an activating group) is 1. The van der Waals surface area contributed by atoms with Gasteiger partial charge in [-0.05, 0) is 25.2 Å². The van der Waals surface area contributed by atoms with Crippen molar-refractivity contribution in [3.05, 3.63) is 28.8 Å². The van der Waals surface area contributed by atoms with E-state index in [2.05, 4.69) is 16.3 Å². The molecule has 5 heteroatoms. The summed E-state index contributed by atoms with van der Waals surface area (Å²) in [4.78, 5) is 2.16. The lowest BCUT2D eigenvalue weighted by atomic mass is 10.1. The van der Waals surface area contributed by atoms with Crippen LogP contribution in [0.15, 0.2) is 18.2 Å². The van der Waals surface area contributed by atoms with Crippen LogP contribution in [0.3, 0.4) is 0 Å². The van der Waals surface area contributed by atoms with Gasteiger partial charge in [0.1, 0.15) is 6.07 Å². The monoisotopic (exact) mass is 265 g/mol. The lowest BCUT2D eigenvalue weighted by molar-refractivity contribution is 0.0421. The smallest absolute Gasteiger partial charge is 0.101 e. The molecule has 1 aromatic carbocycles. The Morgan fingerprint density at radius 3 is 3.17 bits per heavy atom. The Balaban J connectivity index is 2.20. The quantitative estimate of drug-likeness (QED) is 0.903. The first-order chi connectivity index (χ1) is 8.74. The lowest BCUT2D eigenvalue weighted by Crippen LogP contribution is -2.46. The molecular formula is C13H16ClN3O. The molecular weight excluding hydrogens is 250 g/mol. The number of nitrogens with one attached hydrogen (secondary N) is 1. The maximum Gasteiger partial charge on any atom is 0.101 e. The molecule has 18 heavy (non-hydrogen) atoms. The molecule has 0 saturated carbocycles. The molecule has 0 aliphatic carbocycles. The minimum absolute atomic E-state index is 0.147. The SMILES string of the molecule is CNCC1CN(c2cc(Cl)ccc2C#N)CCO1. The number of rotatable bonds is 3. The fourth-order valence-electron chi connectivity index (χ4n) is 2.15. The number of nitrogens with zero attached hydrogens (tertiary/aromatic N) is 2. The zero-order valence-electron chi connectivity index (χ0n) is 10.3. The van der Waals surface area contributed by atoms with E-state index in [0.29, 0.717) is 17.2 Å². The maximum absolute atomic E-state index is 9.15. The van der Waals surface area contributed by atoms with E-state index in [0.717, 1.165) is 25.3 Å². The summed E-state index contributed by atoms with van der Waals surface area (Å²) in [5.74, 6) is 0. The van der Waals surface area contributed by atoms with Gasteiger partial charge in [0.15, 0.2) is 0 Å². The standard InChI is InChI=1S/C13H16ClN3O/c1-16-8-12-9-17(4-5-18-12)13-6-11(14)3-2-10(13)7-15/h2-3,6,12,16H,4-5,8-9H2,1H3. The summed E-state index contributed by atoms with van der Waals surface area (Å²) in [5.41, 5.74) is 1.55. The summed E-state index contributed by atoms with van der Waals surface area (Å²) >= 11 is 6.01. The Labute approximate surface area is 112 Å². The van der Waals surface area contributed by atoms with Gasteiger partial charge in [0.25, 0.3) is 0 Å². The fraction of sp³-hybridized carbons (Fsp3) is 0.462. The molecule has 0 bridgehead atoms. The first-order valence-corrected chi connectivity index (χ1v) is 6.33. The van der Waals surface area contributed by atoms with E-state index in [9.17, 15) is 0 Å². The second kappa shape index (κ2) is 6.05. The van der Waals surface area contributed by atoms with Crippen LogP contribution in [0, 0.1) is 11.3 Å². The van der Waals surface area contributed by atoms with Gasteiger partial charge in [-0.1, -0.05) is 11.6 Å². The third-order valence-corrected chi connectivity index (χ3v) is 3.23. The van der Waals surface area contributed by atoms with E-state index in [1.807, 2.05) is 13.1 Å². The van der Waals surface area contributed by atoms with Crippen LogP contribution in [-0.2, 0) is 4.74 Å². The topological polar surface area (TPSA) is 48.3 Å². The van der Waals surface area contributed by atoms with Gasteiger partial charge in [-0.15, -0.1) is 0 Å². The van der Waals surface area contributed by atoms with E-state index >= 15 is 0 Å². The van der Waals surface area contributed by atoms with Gasteiger partial charge >= 0.3 is 0 Å². The first kappa shape index (κ1) is 13.2. The Bertz CT molecular complexity index is 456. The normalized spacial score (nSPS) is 19.6. The first-order valence-electron chi connectivity index (χ1n) is 5.95. The number of morpholine rings is 1. The summed E-state index contributed by atoms with van der Waals surface area (Å²) in [7, 11) is 1.91. The fourth-order valence-corrected chi connectivity index (χ4v) is 2.32. The van der Waals surface area contributed by atoms with Crippen molar-refractivity contribution in [2.75, 3.05) is 38.2 Å². The average molecular weight is 266 g/mol. The molecule has 1 fully saturated rings. The third-order valence-electron chi connectivity index (χ3n) is 2.99. The molecule has 2 rings (SSSR count). The molecule has 1 unspecified atom stereocenters. The van der Waals surface area contributed by atoms with Crippen molar-refractivity contribution in [3.8, 4) is 6.07 Å². The molecule has 96 valence electrons. The maximum atomic E-state index is 9.15. The Morgan fingerprint density at radius 2 is 2.44 bits per heavy atom. The molecule has 0 aromatic heterocycles. The molecule has 1 saturated heterocycles.